The Balaban J connectivity index is 1.95. The van der Waals surface area contributed by atoms with Crippen LogP contribution in [0.15, 0.2) is 30.5 Å². The maximum Gasteiger partial charge on any atom is 0.0934 e. The number of anilines is 1. The van der Waals surface area contributed by atoms with Crippen molar-refractivity contribution in [2.45, 2.75) is 20.4 Å². The number of aryl methyl sites for hydroxylation is 2. The van der Waals surface area contributed by atoms with E-state index in [1.807, 2.05) is 42.9 Å². The van der Waals surface area contributed by atoms with Gasteiger partial charge in [-0.3, -0.25) is 9.67 Å². The Morgan fingerprint density at radius 1 is 1.29 bits per heavy atom. The van der Waals surface area contributed by atoms with Crippen LogP contribution in [0.3, 0.4) is 0 Å². The number of hydrogen-bond acceptors (Lipinski definition) is 3. The van der Waals surface area contributed by atoms with Gasteiger partial charge in [0.25, 0.3) is 0 Å². The van der Waals surface area contributed by atoms with Crippen molar-refractivity contribution in [3.8, 4) is 0 Å². The van der Waals surface area contributed by atoms with Crippen LogP contribution in [0.1, 0.15) is 17.0 Å². The molecule has 0 aliphatic heterocycles. The average Bonchev–Trinajstić information content (AvgIpc) is 2.69. The Kier molecular flexibility index (Phi) is 3.55. The zero-order valence-electron chi connectivity index (χ0n) is 12.3. The summed E-state index contributed by atoms with van der Waals surface area (Å²) >= 11 is 6.19. The van der Waals surface area contributed by atoms with Crippen molar-refractivity contribution in [3.05, 3.63) is 52.4 Å². The first-order valence-electron chi connectivity index (χ1n) is 6.83. The van der Waals surface area contributed by atoms with Crippen LogP contribution >= 0.6 is 11.6 Å². The molecule has 3 rings (SSSR count). The van der Waals surface area contributed by atoms with Crippen molar-refractivity contribution in [1.82, 2.24) is 14.8 Å². The number of benzene rings is 1. The van der Waals surface area contributed by atoms with E-state index in [1.165, 1.54) is 11.3 Å². The van der Waals surface area contributed by atoms with Crippen molar-refractivity contribution in [2.75, 3.05) is 5.32 Å². The van der Waals surface area contributed by atoms with E-state index in [0.717, 1.165) is 22.3 Å². The molecular weight excluding hydrogens is 284 g/mol. The van der Waals surface area contributed by atoms with Gasteiger partial charge in [-0.25, -0.2) is 0 Å². The van der Waals surface area contributed by atoms with Crippen molar-refractivity contribution < 1.29 is 0 Å². The first-order valence-corrected chi connectivity index (χ1v) is 7.21. The van der Waals surface area contributed by atoms with E-state index in [0.29, 0.717) is 11.6 Å². The molecular formula is C16H17ClN4. The van der Waals surface area contributed by atoms with E-state index in [9.17, 15) is 0 Å². The van der Waals surface area contributed by atoms with Gasteiger partial charge in [-0.15, -0.1) is 0 Å². The molecule has 2 aromatic heterocycles. The van der Waals surface area contributed by atoms with E-state index >= 15 is 0 Å². The number of fused-ring (bicyclic) bond motifs is 1. The Morgan fingerprint density at radius 3 is 2.81 bits per heavy atom. The zero-order chi connectivity index (χ0) is 15.0. The van der Waals surface area contributed by atoms with Gasteiger partial charge in [-0.2, -0.15) is 5.10 Å². The monoisotopic (exact) mass is 300 g/mol. The van der Waals surface area contributed by atoms with Gasteiger partial charge >= 0.3 is 0 Å². The molecule has 4 nitrogen and oxygen atoms in total. The zero-order valence-corrected chi connectivity index (χ0v) is 13.1. The molecule has 0 saturated heterocycles. The lowest BCUT2D eigenvalue weighted by Gasteiger charge is -2.10. The minimum atomic E-state index is 0.706. The number of aromatic nitrogens is 3. The second-order valence-electron chi connectivity index (χ2n) is 5.16. The fourth-order valence-electron chi connectivity index (χ4n) is 2.55. The fourth-order valence-corrected chi connectivity index (χ4v) is 2.77. The van der Waals surface area contributed by atoms with Gasteiger partial charge in [-0.05, 0) is 32.0 Å². The normalized spacial score (nSPS) is 11.0. The summed E-state index contributed by atoms with van der Waals surface area (Å²) in [6.07, 6.45) is 1.79. The number of nitrogens with one attached hydrogen (secondary N) is 1. The third-order valence-corrected chi connectivity index (χ3v) is 4.00. The first kappa shape index (κ1) is 13.9. The predicted octanol–water partition coefficient (Wildman–Crippen LogP) is 3.85. The molecule has 1 N–H and O–H groups in total. The molecule has 0 amide bonds. The molecule has 0 spiro atoms. The van der Waals surface area contributed by atoms with Crippen LogP contribution in [0.2, 0.25) is 5.02 Å². The molecule has 1 aromatic carbocycles. The van der Waals surface area contributed by atoms with Gasteiger partial charge in [0.2, 0.25) is 0 Å². The minimum absolute atomic E-state index is 0.706. The lowest BCUT2D eigenvalue weighted by molar-refractivity contribution is 0.730. The molecule has 0 aliphatic rings. The largest absolute Gasteiger partial charge is 0.379 e. The molecule has 21 heavy (non-hydrogen) atoms. The Hall–Kier alpha value is -2.07. The van der Waals surface area contributed by atoms with Crippen LogP contribution in [0.25, 0.3) is 10.9 Å². The second kappa shape index (κ2) is 5.37. The summed E-state index contributed by atoms with van der Waals surface area (Å²) in [7, 11) is 1.96. The molecule has 0 radical (unpaired) electrons. The molecule has 5 heteroatoms. The lowest BCUT2D eigenvalue weighted by atomic mass is 10.1. The summed E-state index contributed by atoms with van der Waals surface area (Å²) in [6, 6.07) is 7.77. The highest BCUT2D eigenvalue weighted by atomic mass is 35.5. The van der Waals surface area contributed by atoms with Crippen LogP contribution in [-0.4, -0.2) is 14.8 Å². The SMILES string of the molecule is Cc1nn(C)c(C)c1CNc1cc(Cl)cc2cccnc12. The molecule has 0 bridgehead atoms. The summed E-state index contributed by atoms with van der Waals surface area (Å²) in [5.41, 5.74) is 5.30. The summed E-state index contributed by atoms with van der Waals surface area (Å²) in [5, 5.41) is 9.62. The van der Waals surface area contributed by atoms with Gasteiger partial charge in [0.05, 0.1) is 16.9 Å². The summed E-state index contributed by atoms with van der Waals surface area (Å²) < 4.78 is 1.90. The number of halogens is 1. The van der Waals surface area contributed by atoms with Crippen LogP contribution < -0.4 is 5.32 Å². The van der Waals surface area contributed by atoms with E-state index in [-0.39, 0.29) is 0 Å². The standard InChI is InChI=1S/C16H17ClN4/c1-10-14(11(2)21(3)20-10)9-19-15-8-13(17)7-12-5-4-6-18-16(12)15/h4-8,19H,9H2,1-3H3. The maximum absolute atomic E-state index is 6.19. The number of rotatable bonds is 3. The number of nitrogens with zero attached hydrogens (tertiary/aromatic N) is 3. The highest BCUT2D eigenvalue weighted by Gasteiger charge is 2.10. The molecule has 0 atom stereocenters. The summed E-state index contributed by atoms with van der Waals surface area (Å²) in [5.74, 6) is 0. The minimum Gasteiger partial charge on any atom is -0.379 e. The Bertz CT molecular complexity index is 807. The summed E-state index contributed by atoms with van der Waals surface area (Å²) in [4.78, 5) is 4.44. The van der Waals surface area contributed by atoms with Crippen molar-refractivity contribution in [3.63, 3.8) is 0 Å². The molecule has 0 fully saturated rings. The van der Waals surface area contributed by atoms with Crippen LogP contribution in [0, 0.1) is 13.8 Å². The first-order chi connectivity index (χ1) is 10.1. The van der Waals surface area contributed by atoms with E-state index in [2.05, 4.69) is 22.3 Å². The topological polar surface area (TPSA) is 42.7 Å². The fraction of sp³-hybridized carbons (Fsp3) is 0.250. The van der Waals surface area contributed by atoms with Gasteiger partial charge in [0.1, 0.15) is 0 Å². The van der Waals surface area contributed by atoms with Crippen LogP contribution in [-0.2, 0) is 13.6 Å². The second-order valence-corrected chi connectivity index (χ2v) is 5.59. The van der Waals surface area contributed by atoms with Gasteiger partial charge in [0, 0.05) is 41.5 Å². The third-order valence-electron chi connectivity index (χ3n) is 3.78. The van der Waals surface area contributed by atoms with Crippen molar-refractivity contribution in [2.24, 2.45) is 7.05 Å². The Morgan fingerprint density at radius 2 is 2.10 bits per heavy atom. The van der Waals surface area contributed by atoms with E-state index in [1.54, 1.807) is 6.20 Å². The van der Waals surface area contributed by atoms with Crippen LogP contribution in [0.4, 0.5) is 5.69 Å². The molecule has 0 aliphatic carbocycles. The Labute approximate surface area is 128 Å². The number of pyridine rings is 1. The van der Waals surface area contributed by atoms with Crippen molar-refractivity contribution >= 4 is 28.2 Å². The quantitative estimate of drug-likeness (QED) is 0.799. The molecule has 0 unspecified atom stereocenters. The van der Waals surface area contributed by atoms with Gasteiger partial charge in [-0.1, -0.05) is 17.7 Å². The highest BCUT2D eigenvalue weighted by molar-refractivity contribution is 6.31. The van der Waals surface area contributed by atoms with Gasteiger partial charge in [0.15, 0.2) is 0 Å². The predicted molar refractivity (Wildman–Crippen MR) is 86.8 cm³/mol. The lowest BCUT2D eigenvalue weighted by Crippen LogP contribution is -2.03. The maximum atomic E-state index is 6.19. The number of hydrogen-bond donors (Lipinski definition) is 1. The molecule has 3 aromatic rings. The molecule has 0 saturated carbocycles. The van der Waals surface area contributed by atoms with Crippen LogP contribution in [0.5, 0.6) is 0 Å². The third kappa shape index (κ3) is 2.59. The molecule has 108 valence electrons. The van der Waals surface area contributed by atoms with Gasteiger partial charge < -0.3 is 5.32 Å². The molecule has 2 heterocycles. The highest BCUT2D eigenvalue weighted by Crippen LogP contribution is 2.27. The average molecular weight is 301 g/mol. The van der Waals surface area contributed by atoms with E-state index in [4.69, 9.17) is 11.6 Å². The smallest absolute Gasteiger partial charge is 0.0934 e. The van der Waals surface area contributed by atoms with E-state index < -0.39 is 0 Å². The van der Waals surface area contributed by atoms with Crippen molar-refractivity contribution in [1.29, 1.82) is 0 Å². The summed E-state index contributed by atoms with van der Waals surface area (Å²) in [6.45, 7) is 4.81.